The van der Waals surface area contributed by atoms with Gasteiger partial charge in [0.1, 0.15) is 5.82 Å². The summed E-state index contributed by atoms with van der Waals surface area (Å²) in [4.78, 5) is 9.23. The fourth-order valence-corrected chi connectivity index (χ4v) is 2.80. The van der Waals surface area contributed by atoms with E-state index < -0.39 is 0 Å². The lowest BCUT2D eigenvalue weighted by Crippen LogP contribution is -2.51. The maximum atomic E-state index is 9.54. The summed E-state index contributed by atoms with van der Waals surface area (Å²) in [5, 5.41) is 12.9. The molecule has 118 valence electrons. The Labute approximate surface area is 128 Å². The normalized spacial score (nSPS) is 19.5. The highest BCUT2D eigenvalue weighted by Gasteiger charge is 2.24. The summed E-state index contributed by atoms with van der Waals surface area (Å²) in [5.41, 5.74) is -0.160. The van der Waals surface area contributed by atoms with Gasteiger partial charge in [-0.3, -0.25) is 4.90 Å². The molecule has 1 atom stereocenters. The Morgan fingerprint density at radius 3 is 2.62 bits per heavy atom. The molecular weight excluding hydrogens is 264 g/mol. The molecule has 1 aliphatic heterocycles. The Balaban J connectivity index is 1.77. The molecule has 0 saturated carbocycles. The molecule has 2 rings (SSSR count). The molecule has 0 aliphatic carbocycles. The first-order valence-corrected chi connectivity index (χ1v) is 7.91. The lowest BCUT2D eigenvalue weighted by Gasteiger charge is -2.37. The summed E-state index contributed by atoms with van der Waals surface area (Å²) < 4.78 is 0. The first-order chi connectivity index (χ1) is 10.2. The average Bonchev–Trinajstić information content (AvgIpc) is 2.55. The minimum absolute atomic E-state index is 0.160. The summed E-state index contributed by atoms with van der Waals surface area (Å²) in [7, 11) is 0. The number of aliphatic hydroxyl groups is 1. The van der Waals surface area contributed by atoms with Crippen LogP contribution in [-0.2, 0) is 0 Å². The molecular formula is C16H28N4O. The number of rotatable bonds is 7. The van der Waals surface area contributed by atoms with Gasteiger partial charge in [-0.2, -0.15) is 0 Å². The zero-order chi connectivity index (χ0) is 15.1. The third-order valence-corrected chi connectivity index (χ3v) is 4.28. The van der Waals surface area contributed by atoms with Gasteiger partial charge in [0.2, 0.25) is 0 Å². The second kappa shape index (κ2) is 7.73. The minimum atomic E-state index is -0.160. The molecule has 21 heavy (non-hydrogen) atoms. The molecule has 5 nitrogen and oxygen atoms in total. The minimum Gasteiger partial charge on any atom is -0.394 e. The van der Waals surface area contributed by atoms with E-state index in [0.717, 1.165) is 51.5 Å². The summed E-state index contributed by atoms with van der Waals surface area (Å²) in [6.45, 7) is 10.5. The van der Waals surface area contributed by atoms with Gasteiger partial charge in [-0.15, -0.1) is 0 Å². The number of hydrogen-bond donors (Lipinski definition) is 2. The lowest BCUT2D eigenvalue weighted by atomic mass is 9.98. The van der Waals surface area contributed by atoms with Gasteiger partial charge in [-0.25, -0.2) is 4.98 Å². The quantitative estimate of drug-likeness (QED) is 0.784. The number of nitrogens with zero attached hydrogens (tertiary/aromatic N) is 3. The maximum Gasteiger partial charge on any atom is 0.128 e. The van der Waals surface area contributed by atoms with Crippen molar-refractivity contribution in [3.05, 3.63) is 24.4 Å². The topological polar surface area (TPSA) is 51.6 Å². The van der Waals surface area contributed by atoms with Crippen molar-refractivity contribution in [3.8, 4) is 0 Å². The predicted octanol–water partition coefficient (Wildman–Crippen LogP) is 0.954. The maximum absolute atomic E-state index is 9.54. The van der Waals surface area contributed by atoms with Crippen LogP contribution in [0, 0.1) is 0 Å². The lowest BCUT2D eigenvalue weighted by molar-refractivity contribution is 0.144. The molecule has 1 saturated heterocycles. The van der Waals surface area contributed by atoms with Crippen LogP contribution in [-0.4, -0.2) is 66.4 Å². The van der Waals surface area contributed by atoms with Gasteiger partial charge in [0.05, 0.1) is 6.61 Å². The van der Waals surface area contributed by atoms with Crippen LogP contribution < -0.4 is 10.2 Å². The molecule has 5 heteroatoms. The summed E-state index contributed by atoms with van der Waals surface area (Å²) in [5.74, 6) is 1.07. The first-order valence-electron chi connectivity index (χ1n) is 7.91. The summed E-state index contributed by atoms with van der Waals surface area (Å²) in [6.07, 6.45) is 2.83. The molecule has 2 N–H and O–H groups in total. The van der Waals surface area contributed by atoms with Gasteiger partial charge in [0.25, 0.3) is 0 Å². The smallest absolute Gasteiger partial charge is 0.128 e. The second-order valence-corrected chi connectivity index (χ2v) is 6.02. The summed E-state index contributed by atoms with van der Waals surface area (Å²) >= 11 is 0. The predicted molar refractivity (Wildman–Crippen MR) is 86.7 cm³/mol. The van der Waals surface area contributed by atoms with Crippen molar-refractivity contribution in [2.24, 2.45) is 0 Å². The monoisotopic (exact) mass is 292 g/mol. The number of aliphatic hydroxyl groups excluding tert-OH is 1. The summed E-state index contributed by atoms with van der Waals surface area (Å²) in [6, 6.07) is 6.07. The van der Waals surface area contributed by atoms with Gasteiger partial charge in [0, 0.05) is 44.5 Å². The van der Waals surface area contributed by atoms with Crippen molar-refractivity contribution in [2.75, 3.05) is 50.8 Å². The van der Waals surface area contributed by atoms with Crippen molar-refractivity contribution < 1.29 is 5.11 Å². The van der Waals surface area contributed by atoms with Crippen LogP contribution in [0.15, 0.2) is 24.4 Å². The second-order valence-electron chi connectivity index (χ2n) is 6.02. The molecule has 0 amide bonds. The Bertz CT molecular complexity index is 406. The molecule has 0 spiro atoms. The fourth-order valence-electron chi connectivity index (χ4n) is 2.80. The van der Waals surface area contributed by atoms with E-state index >= 15 is 0 Å². The Kier molecular flexibility index (Phi) is 5.96. The van der Waals surface area contributed by atoms with Crippen LogP contribution in [0.25, 0.3) is 0 Å². The van der Waals surface area contributed by atoms with Crippen LogP contribution in [0.2, 0.25) is 0 Å². The van der Waals surface area contributed by atoms with E-state index in [1.54, 1.807) is 0 Å². The van der Waals surface area contributed by atoms with E-state index in [-0.39, 0.29) is 12.1 Å². The van der Waals surface area contributed by atoms with Crippen molar-refractivity contribution >= 4 is 5.82 Å². The van der Waals surface area contributed by atoms with Crippen LogP contribution in [0.3, 0.4) is 0 Å². The van der Waals surface area contributed by atoms with Gasteiger partial charge in [-0.1, -0.05) is 13.0 Å². The first kappa shape index (κ1) is 16.2. The van der Waals surface area contributed by atoms with Crippen LogP contribution >= 0.6 is 0 Å². The van der Waals surface area contributed by atoms with E-state index in [0.29, 0.717) is 0 Å². The number of likely N-dealkylation sites (N-methyl/N-ethyl adjacent to an activating group) is 1. The molecule has 1 unspecified atom stereocenters. The number of pyridine rings is 1. The molecule has 1 aromatic rings. The molecule has 0 radical (unpaired) electrons. The standard InChI is InChI=1S/C16H28N4O/c1-3-18-16(2,14-21)7-9-19-10-12-20(13-11-19)15-6-4-5-8-17-15/h4-6,8,18,21H,3,7,9-14H2,1-2H3. The largest absolute Gasteiger partial charge is 0.394 e. The highest BCUT2D eigenvalue weighted by atomic mass is 16.3. The van der Waals surface area contributed by atoms with Gasteiger partial charge < -0.3 is 15.3 Å². The SMILES string of the molecule is CCNC(C)(CO)CCN1CCN(c2ccccn2)CC1. The van der Waals surface area contributed by atoms with E-state index in [4.69, 9.17) is 0 Å². The number of piperazine rings is 1. The molecule has 1 aromatic heterocycles. The molecule has 0 aromatic carbocycles. The van der Waals surface area contributed by atoms with Gasteiger partial charge in [-0.05, 0) is 32.0 Å². The highest BCUT2D eigenvalue weighted by molar-refractivity contribution is 5.38. The number of aromatic nitrogens is 1. The number of nitrogens with one attached hydrogen (secondary N) is 1. The molecule has 1 fully saturated rings. The molecule has 0 bridgehead atoms. The zero-order valence-corrected chi connectivity index (χ0v) is 13.3. The Morgan fingerprint density at radius 2 is 2.05 bits per heavy atom. The Hall–Kier alpha value is -1.17. The average molecular weight is 292 g/mol. The van der Waals surface area contributed by atoms with Gasteiger partial charge in [0.15, 0.2) is 0 Å². The number of hydrogen-bond acceptors (Lipinski definition) is 5. The van der Waals surface area contributed by atoms with Gasteiger partial charge >= 0.3 is 0 Å². The van der Waals surface area contributed by atoms with Crippen LogP contribution in [0.4, 0.5) is 5.82 Å². The third kappa shape index (κ3) is 4.66. The van der Waals surface area contributed by atoms with E-state index in [9.17, 15) is 5.11 Å². The van der Waals surface area contributed by atoms with Crippen molar-refractivity contribution in [2.45, 2.75) is 25.8 Å². The fraction of sp³-hybridized carbons (Fsp3) is 0.688. The van der Waals surface area contributed by atoms with Crippen molar-refractivity contribution in [1.82, 2.24) is 15.2 Å². The highest BCUT2D eigenvalue weighted by Crippen LogP contribution is 2.15. The van der Waals surface area contributed by atoms with E-state index in [2.05, 4.69) is 40.0 Å². The zero-order valence-electron chi connectivity index (χ0n) is 13.3. The van der Waals surface area contributed by atoms with Crippen LogP contribution in [0.5, 0.6) is 0 Å². The number of anilines is 1. The van der Waals surface area contributed by atoms with E-state index in [1.807, 2.05) is 18.3 Å². The molecule has 1 aliphatic rings. The van der Waals surface area contributed by atoms with Crippen molar-refractivity contribution in [1.29, 1.82) is 0 Å². The van der Waals surface area contributed by atoms with Crippen LogP contribution in [0.1, 0.15) is 20.3 Å². The van der Waals surface area contributed by atoms with Crippen molar-refractivity contribution in [3.63, 3.8) is 0 Å². The Morgan fingerprint density at radius 1 is 1.29 bits per heavy atom. The third-order valence-electron chi connectivity index (χ3n) is 4.28. The van der Waals surface area contributed by atoms with E-state index in [1.165, 1.54) is 0 Å². The molecule has 2 heterocycles.